The lowest BCUT2D eigenvalue weighted by molar-refractivity contribution is 0.243. The molecule has 0 aromatic carbocycles. The van der Waals surface area contributed by atoms with Crippen molar-refractivity contribution in [2.75, 3.05) is 6.61 Å². The Hall–Kier alpha value is -0.640. The number of nitrogens with zero attached hydrogens (tertiary/aromatic N) is 1. The Balaban J connectivity index is 2.69. The van der Waals surface area contributed by atoms with Crippen LogP contribution >= 0.6 is 11.6 Å². The highest BCUT2D eigenvalue weighted by Crippen LogP contribution is 2.19. The van der Waals surface area contributed by atoms with Gasteiger partial charge >= 0.3 is 0 Å². The van der Waals surface area contributed by atoms with Gasteiger partial charge in [-0.1, -0.05) is 17.7 Å². The largest absolute Gasteiger partial charge is 0.395 e. The summed E-state index contributed by atoms with van der Waals surface area (Å²) in [5.41, 5.74) is 0.953. The molecule has 0 saturated carbocycles. The van der Waals surface area contributed by atoms with Crippen LogP contribution in [0.3, 0.4) is 0 Å². The molecule has 0 amide bonds. The highest BCUT2D eigenvalue weighted by atomic mass is 35.5. The molecule has 1 aromatic rings. The molecule has 1 rings (SSSR count). The first-order valence-corrected chi connectivity index (χ1v) is 5.00. The molecule has 0 fully saturated rings. The number of aliphatic hydroxyl groups is 1. The van der Waals surface area contributed by atoms with Gasteiger partial charge in [-0.15, -0.1) is 0 Å². The number of halogens is 1. The second kappa shape index (κ2) is 5.29. The molecule has 78 valence electrons. The molecule has 0 bridgehead atoms. The standard InChI is InChI=1S/C10H15ClN2O/c1-7(6-14)13-8(2)9-4-3-5-12-10(9)11/h3-5,7-8,13-14H,6H2,1-2H3/t7-,8?/m1/s1. The van der Waals surface area contributed by atoms with E-state index in [1.807, 2.05) is 26.0 Å². The van der Waals surface area contributed by atoms with Gasteiger partial charge in [0.05, 0.1) is 6.61 Å². The lowest BCUT2D eigenvalue weighted by Gasteiger charge is -2.18. The monoisotopic (exact) mass is 214 g/mol. The van der Waals surface area contributed by atoms with Crippen molar-refractivity contribution in [3.05, 3.63) is 29.0 Å². The zero-order valence-electron chi connectivity index (χ0n) is 8.37. The highest BCUT2D eigenvalue weighted by molar-refractivity contribution is 6.30. The van der Waals surface area contributed by atoms with Crippen LogP contribution < -0.4 is 5.32 Å². The lowest BCUT2D eigenvalue weighted by Crippen LogP contribution is -2.31. The van der Waals surface area contributed by atoms with E-state index in [-0.39, 0.29) is 18.7 Å². The Bertz CT molecular complexity index is 293. The Labute approximate surface area is 89.1 Å². The van der Waals surface area contributed by atoms with Crippen molar-refractivity contribution in [1.29, 1.82) is 0 Å². The third kappa shape index (κ3) is 2.94. The molecule has 0 saturated heterocycles. The van der Waals surface area contributed by atoms with Crippen LogP contribution in [0.2, 0.25) is 5.15 Å². The molecule has 14 heavy (non-hydrogen) atoms. The summed E-state index contributed by atoms with van der Waals surface area (Å²) in [6, 6.07) is 3.93. The molecule has 0 spiro atoms. The van der Waals surface area contributed by atoms with Gasteiger partial charge in [0.1, 0.15) is 5.15 Å². The summed E-state index contributed by atoms with van der Waals surface area (Å²) in [6.45, 7) is 4.03. The van der Waals surface area contributed by atoms with E-state index in [9.17, 15) is 0 Å². The van der Waals surface area contributed by atoms with E-state index in [2.05, 4.69) is 10.3 Å². The van der Waals surface area contributed by atoms with E-state index >= 15 is 0 Å². The molecule has 1 unspecified atom stereocenters. The van der Waals surface area contributed by atoms with Crippen molar-refractivity contribution in [2.24, 2.45) is 0 Å². The summed E-state index contributed by atoms with van der Waals surface area (Å²) in [6.07, 6.45) is 1.66. The van der Waals surface area contributed by atoms with Crippen LogP contribution in [0.15, 0.2) is 18.3 Å². The van der Waals surface area contributed by atoms with Gasteiger partial charge in [0.2, 0.25) is 0 Å². The van der Waals surface area contributed by atoms with Crippen LogP contribution in [0.5, 0.6) is 0 Å². The van der Waals surface area contributed by atoms with Crippen LogP contribution in [-0.2, 0) is 0 Å². The fraction of sp³-hybridized carbons (Fsp3) is 0.500. The number of hydrogen-bond donors (Lipinski definition) is 2. The minimum Gasteiger partial charge on any atom is -0.395 e. The number of aromatic nitrogens is 1. The van der Waals surface area contributed by atoms with Gasteiger partial charge in [-0.05, 0) is 19.9 Å². The Kier molecular flexibility index (Phi) is 4.32. The third-order valence-electron chi connectivity index (χ3n) is 2.06. The third-order valence-corrected chi connectivity index (χ3v) is 2.38. The normalized spacial score (nSPS) is 15.1. The summed E-state index contributed by atoms with van der Waals surface area (Å²) in [5, 5.41) is 12.6. The second-order valence-electron chi connectivity index (χ2n) is 3.36. The number of rotatable bonds is 4. The molecule has 0 radical (unpaired) electrons. The van der Waals surface area contributed by atoms with Gasteiger partial charge in [-0.2, -0.15) is 0 Å². The van der Waals surface area contributed by atoms with E-state index in [0.717, 1.165) is 5.56 Å². The van der Waals surface area contributed by atoms with Crippen LogP contribution in [0.25, 0.3) is 0 Å². The maximum atomic E-state index is 8.89. The Morgan fingerprint density at radius 3 is 2.86 bits per heavy atom. The molecule has 2 atom stereocenters. The predicted octanol–water partition coefficient (Wildman–Crippen LogP) is 1.77. The van der Waals surface area contributed by atoms with Crippen molar-refractivity contribution >= 4 is 11.6 Å². The molecular weight excluding hydrogens is 200 g/mol. The molecule has 0 aliphatic carbocycles. The van der Waals surface area contributed by atoms with Crippen LogP contribution in [0.1, 0.15) is 25.5 Å². The van der Waals surface area contributed by atoms with E-state index in [1.54, 1.807) is 6.20 Å². The van der Waals surface area contributed by atoms with Gasteiger partial charge in [-0.25, -0.2) is 4.98 Å². The summed E-state index contributed by atoms with van der Waals surface area (Å²) in [7, 11) is 0. The number of hydrogen-bond acceptors (Lipinski definition) is 3. The topological polar surface area (TPSA) is 45.1 Å². The zero-order chi connectivity index (χ0) is 10.6. The van der Waals surface area contributed by atoms with Crippen LogP contribution in [0, 0.1) is 0 Å². The first kappa shape index (κ1) is 11.4. The van der Waals surface area contributed by atoms with Crippen molar-refractivity contribution < 1.29 is 5.11 Å². The van der Waals surface area contributed by atoms with Gasteiger partial charge < -0.3 is 10.4 Å². The fourth-order valence-electron chi connectivity index (χ4n) is 1.29. The quantitative estimate of drug-likeness (QED) is 0.751. The van der Waals surface area contributed by atoms with Gasteiger partial charge in [0, 0.05) is 23.8 Å². The molecular formula is C10H15ClN2O. The number of nitrogens with one attached hydrogen (secondary N) is 1. The van der Waals surface area contributed by atoms with Gasteiger partial charge in [-0.3, -0.25) is 0 Å². The summed E-state index contributed by atoms with van der Waals surface area (Å²) in [5.74, 6) is 0. The zero-order valence-corrected chi connectivity index (χ0v) is 9.12. The number of pyridine rings is 1. The summed E-state index contributed by atoms with van der Waals surface area (Å²) < 4.78 is 0. The lowest BCUT2D eigenvalue weighted by atomic mass is 10.1. The van der Waals surface area contributed by atoms with Crippen molar-refractivity contribution in [1.82, 2.24) is 10.3 Å². The summed E-state index contributed by atoms with van der Waals surface area (Å²) >= 11 is 5.93. The van der Waals surface area contributed by atoms with Crippen molar-refractivity contribution in [3.8, 4) is 0 Å². The molecule has 1 heterocycles. The second-order valence-corrected chi connectivity index (χ2v) is 3.71. The maximum absolute atomic E-state index is 8.89. The van der Waals surface area contributed by atoms with E-state index in [1.165, 1.54) is 0 Å². The van der Waals surface area contributed by atoms with E-state index in [4.69, 9.17) is 16.7 Å². The Morgan fingerprint density at radius 2 is 2.29 bits per heavy atom. The highest BCUT2D eigenvalue weighted by Gasteiger charge is 2.11. The SMILES string of the molecule is CC(N[C@H](C)CO)c1cccnc1Cl. The Morgan fingerprint density at radius 1 is 1.57 bits per heavy atom. The van der Waals surface area contributed by atoms with Gasteiger partial charge in [0.15, 0.2) is 0 Å². The molecule has 4 heteroatoms. The van der Waals surface area contributed by atoms with Crippen LogP contribution in [0.4, 0.5) is 0 Å². The first-order valence-electron chi connectivity index (χ1n) is 4.62. The number of aliphatic hydroxyl groups excluding tert-OH is 1. The first-order chi connectivity index (χ1) is 6.65. The smallest absolute Gasteiger partial charge is 0.133 e. The van der Waals surface area contributed by atoms with Crippen molar-refractivity contribution in [2.45, 2.75) is 25.9 Å². The van der Waals surface area contributed by atoms with E-state index < -0.39 is 0 Å². The average molecular weight is 215 g/mol. The maximum Gasteiger partial charge on any atom is 0.133 e. The van der Waals surface area contributed by atoms with E-state index in [0.29, 0.717) is 5.15 Å². The molecule has 0 aliphatic heterocycles. The van der Waals surface area contributed by atoms with Gasteiger partial charge in [0.25, 0.3) is 0 Å². The summed E-state index contributed by atoms with van der Waals surface area (Å²) in [4.78, 5) is 4.00. The fourth-order valence-corrected chi connectivity index (χ4v) is 1.57. The average Bonchev–Trinajstić information content (AvgIpc) is 2.18. The molecule has 3 nitrogen and oxygen atoms in total. The molecule has 1 aromatic heterocycles. The van der Waals surface area contributed by atoms with Crippen molar-refractivity contribution in [3.63, 3.8) is 0 Å². The molecule has 0 aliphatic rings. The minimum atomic E-state index is 0.0567. The predicted molar refractivity (Wildman–Crippen MR) is 57.3 cm³/mol. The molecule has 2 N–H and O–H groups in total. The van der Waals surface area contributed by atoms with Crippen LogP contribution in [-0.4, -0.2) is 22.7 Å². The minimum absolute atomic E-state index is 0.0567.